The van der Waals surface area contributed by atoms with Gasteiger partial charge in [-0.25, -0.2) is 9.78 Å². The first-order valence-corrected chi connectivity index (χ1v) is 9.83. The van der Waals surface area contributed by atoms with Crippen molar-refractivity contribution >= 4 is 28.7 Å². The number of carbonyl (C=O) groups is 1. The van der Waals surface area contributed by atoms with E-state index in [1.165, 1.54) is 11.3 Å². The van der Waals surface area contributed by atoms with Crippen molar-refractivity contribution < 1.29 is 9.53 Å². The van der Waals surface area contributed by atoms with Gasteiger partial charge in [-0.2, -0.15) is 5.10 Å². The number of benzene rings is 3. The molecule has 0 aliphatic heterocycles. The van der Waals surface area contributed by atoms with Crippen LogP contribution >= 0.6 is 11.3 Å². The maximum absolute atomic E-state index is 12.2. The molecule has 0 unspecified atom stereocenters. The van der Waals surface area contributed by atoms with Gasteiger partial charge in [0.25, 0.3) is 0 Å². The summed E-state index contributed by atoms with van der Waals surface area (Å²) in [5.74, 6) is 0.0671. The molecule has 0 bridgehead atoms. The van der Waals surface area contributed by atoms with Gasteiger partial charge in [-0.3, -0.25) is 5.43 Å². The third-order valence-corrected chi connectivity index (χ3v) is 4.77. The highest BCUT2D eigenvalue weighted by Gasteiger charge is 2.08. The number of hydrazone groups is 1. The summed E-state index contributed by atoms with van der Waals surface area (Å²) in [6, 6.07) is 26.0. The number of nitrogens with one attached hydrogen (secondary N) is 1. The van der Waals surface area contributed by atoms with E-state index < -0.39 is 5.97 Å². The minimum atomic E-state index is -0.394. The highest BCUT2D eigenvalue weighted by molar-refractivity contribution is 7.14. The van der Waals surface area contributed by atoms with Crippen LogP contribution in [0.3, 0.4) is 0 Å². The molecule has 4 rings (SSSR count). The van der Waals surface area contributed by atoms with Gasteiger partial charge in [-0.1, -0.05) is 60.7 Å². The predicted molar refractivity (Wildman–Crippen MR) is 117 cm³/mol. The highest BCUT2D eigenvalue weighted by atomic mass is 32.1. The Labute approximate surface area is 172 Å². The third kappa shape index (κ3) is 4.94. The van der Waals surface area contributed by atoms with Gasteiger partial charge in [0.1, 0.15) is 5.75 Å². The molecular weight excluding hydrogens is 382 g/mol. The maximum Gasteiger partial charge on any atom is 0.343 e. The highest BCUT2D eigenvalue weighted by Crippen LogP contribution is 2.24. The topological polar surface area (TPSA) is 63.6 Å². The molecule has 0 atom stereocenters. The second kappa shape index (κ2) is 8.95. The number of thiazole rings is 1. The molecule has 6 heteroatoms. The molecule has 4 aromatic rings. The fourth-order valence-corrected chi connectivity index (χ4v) is 3.30. The quantitative estimate of drug-likeness (QED) is 0.202. The summed E-state index contributed by atoms with van der Waals surface area (Å²) >= 11 is 1.48. The number of aromatic nitrogens is 1. The standard InChI is InChI=1S/C23H17N3O2S/c27-22(19-11-5-2-6-12-19)28-20-13-7-8-17(14-20)15-24-26-23-25-21(16-29-23)18-9-3-1-4-10-18/h1-16H,(H,25,26). The Morgan fingerprint density at radius 1 is 0.966 bits per heavy atom. The molecule has 1 N–H and O–H groups in total. The number of hydrogen-bond acceptors (Lipinski definition) is 6. The van der Waals surface area contributed by atoms with Gasteiger partial charge in [0.05, 0.1) is 17.5 Å². The van der Waals surface area contributed by atoms with Crippen LogP contribution in [-0.2, 0) is 0 Å². The van der Waals surface area contributed by atoms with E-state index in [2.05, 4.69) is 15.5 Å². The fourth-order valence-electron chi connectivity index (χ4n) is 2.63. The third-order valence-electron chi connectivity index (χ3n) is 4.03. The normalized spacial score (nSPS) is 10.8. The van der Waals surface area contributed by atoms with Gasteiger partial charge in [0, 0.05) is 10.9 Å². The average Bonchev–Trinajstić information content (AvgIpc) is 3.24. The summed E-state index contributed by atoms with van der Waals surface area (Å²) in [6.07, 6.45) is 1.66. The van der Waals surface area contributed by atoms with Gasteiger partial charge < -0.3 is 4.74 Å². The summed E-state index contributed by atoms with van der Waals surface area (Å²) in [6.45, 7) is 0. The Hall–Kier alpha value is -3.77. The number of esters is 1. The van der Waals surface area contributed by atoms with E-state index in [9.17, 15) is 4.79 Å². The largest absolute Gasteiger partial charge is 0.423 e. The molecule has 0 aliphatic rings. The molecule has 0 aliphatic carbocycles. The molecular formula is C23H17N3O2S. The molecule has 0 fully saturated rings. The van der Waals surface area contributed by atoms with Crippen molar-refractivity contribution in [2.75, 3.05) is 5.43 Å². The summed E-state index contributed by atoms with van der Waals surface area (Å²) in [5.41, 5.74) is 6.22. The van der Waals surface area contributed by atoms with Crippen molar-refractivity contribution in [1.29, 1.82) is 0 Å². The summed E-state index contributed by atoms with van der Waals surface area (Å²) in [5, 5.41) is 6.91. The molecule has 0 saturated carbocycles. The second-order valence-electron chi connectivity index (χ2n) is 6.10. The van der Waals surface area contributed by atoms with E-state index in [-0.39, 0.29) is 0 Å². The SMILES string of the molecule is O=C(Oc1cccc(C=NNc2nc(-c3ccccc3)cs2)c1)c1ccccc1. The molecule has 142 valence electrons. The van der Waals surface area contributed by atoms with E-state index >= 15 is 0 Å². The lowest BCUT2D eigenvalue weighted by Gasteiger charge is -2.04. The van der Waals surface area contributed by atoms with Crippen molar-refractivity contribution in [2.45, 2.75) is 0 Å². The van der Waals surface area contributed by atoms with Crippen LogP contribution in [0.15, 0.2) is 95.4 Å². The van der Waals surface area contributed by atoms with Crippen LogP contribution in [0, 0.1) is 0 Å². The minimum absolute atomic E-state index is 0.394. The average molecular weight is 399 g/mol. The Morgan fingerprint density at radius 2 is 1.72 bits per heavy atom. The van der Waals surface area contributed by atoms with Crippen LogP contribution in [0.25, 0.3) is 11.3 Å². The first-order chi connectivity index (χ1) is 14.3. The van der Waals surface area contributed by atoms with Crippen molar-refractivity contribution in [3.05, 3.63) is 101 Å². The Morgan fingerprint density at radius 3 is 2.52 bits per heavy atom. The van der Waals surface area contributed by atoms with Crippen molar-refractivity contribution in [3.8, 4) is 17.0 Å². The van der Waals surface area contributed by atoms with Crippen LogP contribution in [0.1, 0.15) is 15.9 Å². The summed E-state index contributed by atoms with van der Waals surface area (Å²) in [7, 11) is 0. The monoisotopic (exact) mass is 399 g/mol. The van der Waals surface area contributed by atoms with Crippen LogP contribution in [-0.4, -0.2) is 17.2 Å². The van der Waals surface area contributed by atoms with Crippen molar-refractivity contribution in [1.82, 2.24) is 4.98 Å². The smallest absolute Gasteiger partial charge is 0.343 e. The number of carbonyl (C=O) groups excluding carboxylic acids is 1. The molecule has 29 heavy (non-hydrogen) atoms. The number of rotatable bonds is 6. The second-order valence-corrected chi connectivity index (χ2v) is 6.96. The first-order valence-electron chi connectivity index (χ1n) is 8.95. The molecule has 1 heterocycles. The molecule has 0 radical (unpaired) electrons. The van der Waals surface area contributed by atoms with Gasteiger partial charge in [-0.05, 0) is 29.8 Å². The lowest BCUT2D eigenvalue weighted by atomic mass is 10.2. The molecule has 0 amide bonds. The van der Waals surface area contributed by atoms with E-state index in [0.29, 0.717) is 16.4 Å². The Balaban J connectivity index is 1.39. The molecule has 0 saturated heterocycles. The van der Waals surface area contributed by atoms with Crippen LogP contribution in [0.4, 0.5) is 5.13 Å². The fraction of sp³-hybridized carbons (Fsp3) is 0. The molecule has 0 spiro atoms. The van der Waals surface area contributed by atoms with Crippen LogP contribution in [0.2, 0.25) is 0 Å². The minimum Gasteiger partial charge on any atom is -0.423 e. The van der Waals surface area contributed by atoms with Gasteiger partial charge in [-0.15, -0.1) is 11.3 Å². The van der Waals surface area contributed by atoms with Gasteiger partial charge >= 0.3 is 5.97 Å². The number of anilines is 1. The van der Waals surface area contributed by atoms with Crippen molar-refractivity contribution in [2.24, 2.45) is 5.10 Å². The number of ether oxygens (including phenoxy) is 1. The van der Waals surface area contributed by atoms with E-state index in [0.717, 1.165) is 16.8 Å². The molecule has 1 aromatic heterocycles. The zero-order valence-corrected chi connectivity index (χ0v) is 16.2. The lowest BCUT2D eigenvalue weighted by molar-refractivity contribution is 0.0735. The molecule has 5 nitrogen and oxygen atoms in total. The van der Waals surface area contributed by atoms with E-state index in [1.807, 2.05) is 53.9 Å². The number of hydrogen-bond donors (Lipinski definition) is 1. The first kappa shape index (κ1) is 18.6. The summed E-state index contributed by atoms with van der Waals surface area (Å²) in [4.78, 5) is 16.7. The zero-order chi connectivity index (χ0) is 19.9. The zero-order valence-electron chi connectivity index (χ0n) is 15.4. The van der Waals surface area contributed by atoms with Crippen LogP contribution in [0.5, 0.6) is 5.75 Å². The van der Waals surface area contributed by atoms with Gasteiger partial charge in [0.15, 0.2) is 0 Å². The van der Waals surface area contributed by atoms with E-state index in [1.54, 1.807) is 42.6 Å². The van der Waals surface area contributed by atoms with E-state index in [4.69, 9.17) is 4.74 Å². The lowest BCUT2D eigenvalue weighted by Crippen LogP contribution is -2.08. The van der Waals surface area contributed by atoms with Crippen molar-refractivity contribution in [3.63, 3.8) is 0 Å². The summed E-state index contributed by atoms with van der Waals surface area (Å²) < 4.78 is 5.43. The van der Waals surface area contributed by atoms with Gasteiger partial charge in [0.2, 0.25) is 5.13 Å². The number of nitrogens with zero attached hydrogens (tertiary/aromatic N) is 2. The predicted octanol–water partition coefficient (Wildman–Crippen LogP) is 5.48. The Kier molecular flexibility index (Phi) is 5.73. The molecule has 3 aromatic carbocycles. The maximum atomic E-state index is 12.2. The Bertz CT molecular complexity index is 1130. The van der Waals surface area contributed by atoms with Crippen LogP contribution < -0.4 is 10.2 Å².